The Morgan fingerprint density at radius 2 is 2.21 bits per heavy atom. The lowest BCUT2D eigenvalue weighted by molar-refractivity contribution is 0.247. The third-order valence-corrected chi connectivity index (χ3v) is 3.18. The van der Waals surface area contributed by atoms with Crippen molar-refractivity contribution in [2.24, 2.45) is 0 Å². The predicted molar refractivity (Wildman–Crippen MR) is 77.1 cm³/mol. The van der Waals surface area contributed by atoms with Gasteiger partial charge in [-0.05, 0) is 31.2 Å². The van der Waals surface area contributed by atoms with Gasteiger partial charge < -0.3 is 14.6 Å². The number of hydrogen-bond acceptors (Lipinski definition) is 4. The Hall–Kier alpha value is -1.33. The molecule has 0 aliphatic heterocycles. The van der Waals surface area contributed by atoms with Crippen LogP contribution in [-0.2, 0) is 13.2 Å². The molecule has 0 aliphatic carbocycles. The molecule has 5 heteroatoms. The van der Waals surface area contributed by atoms with E-state index in [4.69, 9.17) is 9.26 Å². The highest BCUT2D eigenvalue weighted by atomic mass is 79.9. The Labute approximate surface area is 121 Å². The highest BCUT2D eigenvalue weighted by molar-refractivity contribution is 9.10. The van der Waals surface area contributed by atoms with Crippen molar-refractivity contribution in [3.05, 3.63) is 45.8 Å². The molecule has 19 heavy (non-hydrogen) atoms. The summed E-state index contributed by atoms with van der Waals surface area (Å²) in [6, 6.07) is 7.86. The molecule has 0 amide bonds. The molecule has 1 N–H and O–H groups in total. The number of hydrogen-bond donors (Lipinski definition) is 1. The number of benzene rings is 1. The largest absolute Gasteiger partial charge is 0.485 e. The fraction of sp³-hybridized carbons (Fsp3) is 0.357. The third kappa shape index (κ3) is 4.08. The number of ether oxygens (including phenoxy) is 1. The minimum absolute atomic E-state index is 0.385. The minimum atomic E-state index is 0.385. The Kier molecular flexibility index (Phi) is 4.99. The molecule has 0 atom stereocenters. The van der Waals surface area contributed by atoms with Gasteiger partial charge in [-0.2, -0.15) is 0 Å². The van der Waals surface area contributed by atoms with E-state index >= 15 is 0 Å². The first-order valence-electron chi connectivity index (χ1n) is 6.23. The lowest BCUT2D eigenvalue weighted by Gasteiger charge is -2.07. The number of nitrogens with one attached hydrogen (secondary N) is 1. The van der Waals surface area contributed by atoms with E-state index in [1.165, 1.54) is 0 Å². The van der Waals surface area contributed by atoms with E-state index in [1.54, 1.807) is 0 Å². The molecular formula is C14H17BrN2O2. The van der Waals surface area contributed by atoms with Crippen molar-refractivity contribution in [1.82, 2.24) is 10.5 Å². The van der Waals surface area contributed by atoms with Gasteiger partial charge in [-0.1, -0.05) is 34.1 Å². The molecule has 0 bridgehead atoms. The molecule has 102 valence electrons. The van der Waals surface area contributed by atoms with Crippen LogP contribution in [0.25, 0.3) is 0 Å². The normalized spacial score (nSPS) is 10.7. The van der Waals surface area contributed by atoms with Gasteiger partial charge in [0.15, 0.2) is 5.76 Å². The molecule has 0 aliphatic rings. The van der Waals surface area contributed by atoms with Gasteiger partial charge in [0.1, 0.15) is 12.4 Å². The van der Waals surface area contributed by atoms with Crippen molar-refractivity contribution < 1.29 is 9.26 Å². The molecule has 1 heterocycles. The molecule has 0 unspecified atom stereocenters. The second-order valence-electron chi connectivity index (χ2n) is 4.26. The van der Waals surface area contributed by atoms with E-state index < -0.39 is 0 Å². The molecule has 1 aromatic heterocycles. The summed E-state index contributed by atoms with van der Waals surface area (Å²) in [5.41, 5.74) is 1.99. The number of aromatic nitrogens is 1. The number of nitrogens with zero attached hydrogens (tertiary/aromatic N) is 1. The zero-order chi connectivity index (χ0) is 13.7. The summed E-state index contributed by atoms with van der Waals surface area (Å²) in [5.74, 6) is 1.58. The topological polar surface area (TPSA) is 47.3 Å². The van der Waals surface area contributed by atoms with Crippen LogP contribution in [0.1, 0.15) is 23.9 Å². The second kappa shape index (κ2) is 6.73. The lowest BCUT2D eigenvalue weighted by Crippen LogP contribution is -2.11. The number of aryl methyl sites for hydroxylation is 1. The van der Waals surface area contributed by atoms with Gasteiger partial charge in [0.05, 0.1) is 5.69 Å². The fourth-order valence-corrected chi connectivity index (χ4v) is 1.98. The third-order valence-electron chi connectivity index (χ3n) is 2.68. The van der Waals surface area contributed by atoms with Crippen LogP contribution >= 0.6 is 15.9 Å². The Balaban J connectivity index is 1.94. The maximum atomic E-state index is 5.74. The van der Waals surface area contributed by atoms with Gasteiger partial charge in [0.25, 0.3) is 0 Å². The molecule has 0 saturated heterocycles. The molecule has 2 rings (SSSR count). The van der Waals surface area contributed by atoms with Crippen LogP contribution in [0.2, 0.25) is 0 Å². The summed E-state index contributed by atoms with van der Waals surface area (Å²) in [6.07, 6.45) is 0. The lowest BCUT2D eigenvalue weighted by atomic mass is 10.2. The van der Waals surface area contributed by atoms with Crippen molar-refractivity contribution in [2.75, 3.05) is 6.54 Å². The first-order chi connectivity index (χ1) is 9.19. The Morgan fingerprint density at radius 1 is 1.37 bits per heavy atom. The average molecular weight is 325 g/mol. The molecule has 0 spiro atoms. The summed E-state index contributed by atoms with van der Waals surface area (Å²) in [6.45, 7) is 6.08. The van der Waals surface area contributed by atoms with Crippen LogP contribution < -0.4 is 10.1 Å². The van der Waals surface area contributed by atoms with Crippen LogP contribution in [0.3, 0.4) is 0 Å². The van der Waals surface area contributed by atoms with Gasteiger partial charge in [-0.3, -0.25) is 0 Å². The number of halogens is 1. The number of rotatable bonds is 6. The molecule has 0 saturated carbocycles. The Morgan fingerprint density at radius 3 is 3.00 bits per heavy atom. The molecule has 1 aromatic carbocycles. The summed E-state index contributed by atoms with van der Waals surface area (Å²) in [7, 11) is 0. The highest BCUT2D eigenvalue weighted by Crippen LogP contribution is 2.23. The van der Waals surface area contributed by atoms with Crippen LogP contribution in [0, 0.1) is 6.92 Å². The van der Waals surface area contributed by atoms with Gasteiger partial charge in [-0.15, -0.1) is 0 Å². The first kappa shape index (κ1) is 14.1. The Bertz CT molecular complexity index is 540. The zero-order valence-electron chi connectivity index (χ0n) is 11.1. The van der Waals surface area contributed by atoms with E-state index in [9.17, 15) is 0 Å². The van der Waals surface area contributed by atoms with E-state index in [0.717, 1.165) is 40.3 Å². The maximum Gasteiger partial charge on any atom is 0.174 e. The average Bonchev–Trinajstić information content (AvgIpc) is 2.85. The SMILES string of the molecule is CCNCc1cc(COc2cc(Br)ccc2C)on1. The van der Waals surface area contributed by atoms with Gasteiger partial charge in [0.2, 0.25) is 0 Å². The monoisotopic (exact) mass is 324 g/mol. The van der Waals surface area contributed by atoms with E-state index in [1.807, 2.05) is 31.2 Å². The van der Waals surface area contributed by atoms with Crippen LogP contribution in [0.5, 0.6) is 5.75 Å². The van der Waals surface area contributed by atoms with Gasteiger partial charge >= 0.3 is 0 Å². The van der Waals surface area contributed by atoms with Crippen LogP contribution in [-0.4, -0.2) is 11.7 Å². The quantitative estimate of drug-likeness (QED) is 0.884. The summed E-state index contributed by atoms with van der Waals surface area (Å²) in [4.78, 5) is 0. The van der Waals surface area contributed by atoms with E-state index in [-0.39, 0.29) is 0 Å². The summed E-state index contributed by atoms with van der Waals surface area (Å²) >= 11 is 3.43. The predicted octanol–water partition coefficient (Wildman–Crippen LogP) is 3.43. The highest BCUT2D eigenvalue weighted by Gasteiger charge is 2.06. The summed E-state index contributed by atoms with van der Waals surface area (Å²) < 4.78 is 12.0. The standard InChI is InChI=1S/C14H17BrN2O2/c1-3-16-8-12-7-13(19-17-12)9-18-14-6-11(15)5-4-10(14)2/h4-7,16H,3,8-9H2,1-2H3. The van der Waals surface area contributed by atoms with E-state index in [0.29, 0.717) is 6.61 Å². The first-order valence-corrected chi connectivity index (χ1v) is 7.02. The fourth-order valence-electron chi connectivity index (χ4n) is 1.64. The molecule has 2 aromatic rings. The van der Waals surface area contributed by atoms with Crippen LogP contribution in [0.4, 0.5) is 0 Å². The second-order valence-corrected chi connectivity index (χ2v) is 5.18. The van der Waals surface area contributed by atoms with Crippen molar-refractivity contribution in [2.45, 2.75) is 27.0 Å². The van der Waals surface area contributed by atoms with Gasteiger partial charge in [0, 0.05) is 17.1 Å². The van der Waals surface area contributed by atoms with Crippen molar-refractivity contribution in [1.29, 1.82) is 0 Å². The van der Waals surface area contributed by atoms with Crippen molar-refractivity contribution in [3.63, 3.8) is 0 Å². The van der Waals surface area contributed by atoms with Crippen molar-refractivity contribution >= 4 is 15.9 Å². The molecule has 0 radical (unpaired) electrons. The molecule has 0 fully saturated rings. The minimum Gasteiger partial charge on any atom is -0.485 e. The zero-order valence-corrected chi connectivity index (χ0v) is 12.7. The van der Waals surface area contributed by atoms with Crippen molar-refractivity contribution in [3.8, 4) is 5.75 Å². The van der Waals surface area contributed by atoms with E-state index in [2.05, 4.69) is 33.3 Å². The molecule has 4 nitrogen and oxygen atoms in total. The van der Waals surface area contributed by atoms with Crippen LogP contribution in [0.15, 0.2) is 33.3 Å². The maximum absolute atomic E-state index is 5.74. The molecular weight excluding hydrogens is 308 g/mol. The van der Waals surface area contributed by atoms with Gasteiger partial charge in [-0.25, -0.2) is 0 Å². The smallest absolute Gasteiger partial charge is 0.174 e. The summed E-state index contributed by atoms with van der Waals surface area (Å²) in [5, 5.41) is 7.18.